The van der Waals surface area contributed by atoms with E-state index in [4.69, 9.17) is 16.3 Å². The number of anilines is 1. The number of methoxy groups -OCH3 is 1. The molecule has 0 aliphatic heterocycles. The highest BCUT2D eigenvalue weighted by Crippen LogP contribution is 2.14. The van der Waals surface area contributed by atoms with Gasteiger partial charge in [-0.1, -0.05) is 29.8 Å². The van der Waals surface area contributed by atoms with Gasteiger partial charge in [0.25, 0.3) is 5.91 Å². The number of nitrogens with one attached hydrogen (secondary N) is 2. The van der Waals surface area contributed by atoms with E-state index in [0.29, 0.717) is 42.1 Å². The van der Waals surface area contributed by atoms with Crippen molar-refractivity contribution in [3.8, 4) is 0 Å². The number of rotatable bonds is 7. The number of hydrogen-bond donors (Lipinski definition) is 2. The van der Waals surface area contributed by atoms with Crippen LogP contribution in [0.3, 0.4) is 0 Å². The molecule has 1 aromatic heterocycles. The zero-order valence-electron chi connectivity index (χ0n) is 13.1. The second kappa shape index (κ2) is 8.45. The van der Waals surface area contributed by atoms with E-state index in [1.807, 2.05) is 18.2 Å². The van der Waals surface area contributed by atoms with Crippen LogP contribution in [0.1, 0.15) is 21.9 Å². The minimum absolute atomic E-state index is 0.273. The van der Waals surface area contributed by atoms with Crippen molar-refractivity contribution in [2.24, 2.45) is 0 Å². The molecular formula is C16H19ClN4O2. The Morgan fingerprint density at radius 2 is 2.09 bits per heavy atom. The Balaban J connectivity index is 2.02. The fraction of sp³-hybridized carbons (Fsp3) is 0.312. The lowest BCUT2D eigenvalue weighted by molar-refractivity contribution is 0.0945. The molecule has 1 heterocycles. The van der Waals surface area contributed by atoms with Gasteiger partial charge in [0.2, 0.25) is 0 Å². The van der Waals surface area contributed by atoms with Crippen LogP contribution in [0.5, 0.6) is 0 Å². The third kappa shape index (κ3) is 5.19. The lowest BCUT2D eigenvalue weighted by Crippen LogP contribution is -2.24. The van der Waals surface area contributed by atoms with E-state index in [-0.39, 0.29) is 5.91 Å². The summed E-state index contributed by atoms with van der Waals surface area (Å²) < 4.78 is 4.97. The summed E-state index contributed by atoms with van der Waals surface area (Å²) in [6.07, 6.45) is 0. The summed E-state index contributed by atoms with van der Waals surface area (Å²) in [5.41, 5.74) is 1.16. The Kier molecular flexibility index (Phi) is 6.31. The Morgan fingerprint density at radius 3 is 2.83 bits per heavy atom. The minimum atomic E-state index is -0.273. The SMILES string of the molecule is COCCNc1cc(C(=O)NCc2ccccc2Cl)nc(C)n1. The Bertz CT molecular complexity index is 679. The average Bonchev–Trinajstić information content (AvgIpc) is 2.53. The van der Waals surface area contributed by atoms with E-state index in [0.717, 1.165) is 5.56 Å². The van der Waals surface area contributed by atoms with Crippen molar-refractivity contribution in [1.29, 1.82) is 0 Å². The first kappa shape index (κ1) is 17.2. The summed E-state index contributed by atoms with van der Waals surface area (Å²) in [5, 5.41) is 6.52. The molecule has 0 saturated carbocycles. The first-order valence-electron chi connectivity index (χ1n) is 7.20. The van der Waals surface area contributed by atoms with Crippen LogP contribution in [0.4, 0.5) is 5.82 Å². The van der Waals surface area contributed by atoms with Crippen LogP contribution in [0.25, 0.3) is 0 Å². The standard InChI is InChI=1S/C16H19ClN4O2/c1-11-20-14(9-15(21-11)18-7-8-23-2)16(22)19-10-12-5-3-4-6-13(12)17/h3-6,9H,7-8,10H2,1-2H3,(H,19,22)(H,18,20,21). The molecule has 2 aromatic rings. The number of ether oxygens (including phenoxy) is 1. The van der Waals surface area contributed by atoms with E-state index in [1.54, 1.807) is 26.2 Å². The van der Waals surface area contributed by atoms with Gasteiger partial charge in [-0.15, -0.1) is 0 Å². The molecule has 122 valence electrons. The Morgan fingerprint density at radius 1 is 1.30 bits per heavy atom. The number of carbonyl (C=O) groups is 1. The molecule has 7 heteroatoms. The maximum Gasteiger partial charge on any atom is 0.270 e. The highest BCUT2D eigenvalue weighted by atomic mass is 35.5. The highest BCUT2D eigenvalue weighted by Gasteiger charge is 2.11. The largest absolute Gasteiger partial charge is 0.383 e. The molecule has 1 aromatic carbocycles. The molecular weight excluding hydrogens is 316 g/mol. The van der Waals surface area contributed by atoms with Gasteiger partial charge in [0.05, 0.1) is 6.61 Å². The van der Waals surface area contributed by atoms with Crippen LogP contribution in [0, 0.1) is 6.92 Å². The van der Waals surface area contributed by atoms with Crippen LogP contribution in [0.15, 0.2) is 30.3 Å². The highest BCUT2D eigenvalue weighted by molar-refractivity contribution is 6.31. The normalized spacial score (nSPS) is 10.4. The molecule has 2 rings (SSSR count). The van der Waals surface area contributed by atoms with Gasteiger partial charge in [-0.05, 0) is 18.6 Å². The number of amides is 1. The molecule has 2 N–H and O–H groups in total. The molecule has 0 radical (unpaired) electrons. The Labute approximate surface area is 140 Å². The molecule has 0 saturated heterocycles. The molecule has 0 fully saturated rings. The molecule has 0 aliphatic rings. The zero-order valence-corrected chi connectivity index (χ0v) is 13.9. The van der Waals surface area contributed by atoms with E-state index < -0.39 is 0 Å². The maximum absolute atomic E-state index is 12.3. The van der Waals surface area contributed by atoms with Crippen LogP contribution in [-0.4, -0.2) is 36.1 Å². The lowest BCUT2D eigenvalue weighted by Gasteiger charge is -2.09. The quantitative estimate of drug-likeness (QED) is 0.760. The first-order chi connectivity index (χ1) is 11.1. The molecule has 1 amide bonds. The number of carbonyl (C=O) groups excluding carboxylic acids is 1. The smallest absolute Gasteiger partial charge is 0.270 e. The van der Waals surface area contributed by atoms with Gasteiger partial charge in [0, 0.05) is 31.3 Å². The van der Waals surface area contributed by atoms with E-state index in [2.05, 4.69) is 20.6 Å². The van der Waals surface area contributed by atoms with Crippen LogP contribution < -0.4 is 10.6 Å². The molecule has 0 aliphatic carbocycles. The minimum Gasteiger partial charge on any atom is -0.383 e. The van der Waals surface area contributed by atoms with Crippen molar-refractivity contribution >= 4 is 23.3 Å². The van der Waals surface area contributed by atoms with Crippen molar-refractivity contribution in [3.05, 3.63) is 52.4 Å². The summed E-state index contributed by atoms with van der Waals surface area (Å²) in [4.78, 5) is 20.7. The van der Waals surface area contributed by atoms with Gasteiger partial charge in [-0.3, -0.25) is 4.79 Å². The fourth-order valence-electron chi connectivity index (χ4n) is 1.96. The van der Waals surface area contributed by atoms with Crippen molar-refractivity contribution in [2.75, 3.05) is 25.6 Å². The predicted octanol–water partition coefficient (Wildman–Crippen LogP) is 2.43. The fourth-order valence-corrected chi connectivity index (χ4v) is 2.17. The van der Waals surface area contributed by atoms with Gasteiger partial charge in [0.1, 0.15) is 17.3 Å². The summed E-state index contributed by atoms with van der Waals surface area (Å²) in [6.45, 7) is 3.24. The zero-order chi connectivity index (χ0) is 16.7. The number of benzene rings is 1. The molecule has 6 nitrogen and oxygen atoms in total. The summed E-state index contributed by atoms with van der Waals surface area (Å²) in [6, 6.07) is 8.99. The second-order valence-corrected chi connectivity index (χ2v) is 5.29. The molecule has 0 bridgehead atoms. The number of hydrogen-bond acceptors (Lipinski definition) is 5. The van der Waals surface area contributed by atoms with Gasteiger partial charge < -0.3 is 15.4 Å². The topological polar surface area (TPSA) is 76.1 Å². The van der Waals surface area contributed by atoms with Crippen molar-refractivity contribution in [2.45, 2.75) is 13.5 Å². The number of halogens is 1. The number of nitrogens with zero attached hydrogens (tertiary/aromatic N) is 2. The maximum atomic E-state index is 12.3. The predicted molar refractivity (Wildman–Crippen MR) is 89.8 cm³/mol. The first-order valence-corrected chi connectivity index (χ1v) is 7.58. The van der Waals surface area contributed by atoms with E-state index >= 15 is 0 Å². The number of aryl methyl sites for hydroxylation is 1. The van der Waals surface area contributed by atoms with Gasteiger partial charge in [-0.25, -0.2) is 9.97 Å². The van der Waals surface area contributed by atoms with Crippen LogP contribution >= 0.6 is 11.6 Å². The lowest BCUT2D eigenvalue weighted by atomic mass is 10.2. The van der Waals surface area contributed by atoms with Gasteiger partial charge in [0.15, 0.2) is 0 Å². The molecule has 23 heavy (non-hydrogen) atoms. The second-order valence-electron chi connectivity index (χ2n) is 4.88. The Hall–Kier alpha value is -2.18. The van der Waals surface area contributed by atoms with Crippen molar-refractivity contribution in [1.82, 2.24) is 15.3 Å². The summed E-state index contributed by atoms with van der Waals surface area (Å²) >= 11 is 6.08. The third-order valence-electron chi connectivity index (χ3n) is 3.08. The van der Waals surface area contributed by atoms with E-state index in [1.165, 1.54) is 0 Å². The molecule has 0 atom stereocenters. The van der Waals surface area contributed by atoms with E-state index in [9.17, 15) is 4.79 Å². The summed E-state index contributed by atoms with van der Waals surface area (Å²) in [7, 11) is 1.63. The third-order valence-corrected chi connectivity index (χ3v) is 3.45. The van der Waals surface area contributed by atoms with Crippen molar-refractivity contribution in [3.63, 3.8) is 0 Å². The monoisotopic (exact) mass is 334 g/mol. The summed E-state index contributed by atoms with van der Waals surface area (Å²) in [5.74, 6) is 0.845. The van der Waals surface area contributed by atoms with Gasteiger partial charge in [-0.2, -0.15) is 0 Å². The molecule has 0 unspecified atom stereocenters. The molecule has 0 spiro atoms. The van der Waals surface area contributed by atoms with Crippen molar-refractivity contribution < 1.29 is 9.53 Å². The van der Waals surface area contributed by atoms with Crippen LogP contribution in [-0.2, 0) is 11.3 Å². The average molecular weight is 335 g/mol. The van der Waals surface area contributed by atoms with Gasteiger partial charge >= 0.3 is 0 Å². The van der Waals surface area contributed by atoms with Crippen LogP contribution in [0.2, 0.25) is 5.02 Å². The number of aromatic nitrogens is 2.